The Labute approximate surface area is 78.9 Å². The average Bonchev–Trinajstić information content (AvgIpc) is 2.32. The van der Waals surface area contributed by atoms with Crippen LogP contribution < -0.4 is 5.32 Å². The molecule has 0 fully saturated rings. The lowest BCUT2D eigenvalue weighted by Gasteiger charge is -2.09. The second kappa shape index (κ2) is 3.97. The zero-order chi connectivity index (χ0) is 9.14. The Hall–Kier alpha value is -0.460. The number of aromatic nitrogens is 3. The van der Waals surface area contributed by atoms with Crippen LogP contribution in [0.25, 0.3) is 0 Å². The van der Waals surface area contributed by atoms with E-state index in [0.717, 1.165) is 0 Å². The number of hydrogen-bond donors (Lipinski definition) is 2. The predicted molar refractivity (Wildman–Crippen MR) is 47.6 cm³/mol. The standard InChI is InChI=1S/C6H11BrN4O/c1-8-3-4(12)5-6(7)9-10-11(5)2/h4,8,12H,3H2,1-2H3. The van der Waals surface area contributed by atoms with Crippen molar-refractivity contribution in [2.24, 2.45) is 7.05 Å². The molecule has 0 bridgehead atoms. The van der Waals surface area contributed by atoms with Crippen LogP contribution >= 0.6 is 15.9 Å². The van der Waals surface area contributed by atoms with Gasteiger partial charge in [0.2, 0.25) is 0 Å². The van der Waals surface area contributed by atoms with Crippen molar-refractivity contribution >= 4 is 15.9 Å². The van der Waals surface area contributed by atoms with Crippen LogP contribution in [0.2, 0.25) is 0 Å². The van der Waals surface area contributed by atoms with E-state index >= 15 is 0 Å². The van der Waals surface area contributed by atoms with Crippen molar-refractivity contribution in [3.8, 4) is 0 Å². The van der Waals surface area contributed by atoms with Crippen LogP contribution in [0.1, 0.15) is 11.8 Å². The molecular weight excluding hydrogens is 224 g/mol. The molecule has 0 radical (unpaired) electrons. The SMILES string of the molecule is CNCC(O)c1c(Br)nnn1C. The number of aliphatic hydroxyl groups is 1. The minimum absolute atomic E-state index is 0.486. The van der Waals surface area contributed by atoms with Gasteiger partial charge in [0.25, 0.3) is 0 Å². The number of rotatable bonds is 3. The summed E-state index contributed by atoms with van der Waals surface area (Å²) < 4.78 is 2.14. The molecule has 0 spiro atoms. The summed E-state index contributed by atoms with van der Waals surface area (Å²) >= 11 is 3.21. The third-order valence-corrected chi connectivity index (χ3v) is 2.10. The van der Waals surface area contributed by atoms with Gasteiger partial charge in [-0.2, -0.15) is 0 Å². The lowest BCUT2D eigenvalue weighted by Crippen LogP contribution is -2.19. The predicted octanol–water partition coefficient (Wildman–Crippen LogP) is -0.170. The summed E-state index contributed by atoms with van der Waals surface area (Å²) in [5, 5.41) is 20.0. The third kappa shape index (κ3) is 1.82. The van der Waals surface area contributed by atoms with E-state index in [-0.39, 0.29) is 0 Å². The Balaban J connectivity index is 2.85. The maximum absolute atomic E-state index is 9.58. The fourth-order valence-electron chi connectivity index (χ4n) is 0.982. The van der Waals surface area contributed by atoms with Crippen molar-refractivity contribution in [3.63, 3.8) is 0 Å². The van der Waals surface area contributed by atoms with E-state index in [1.54, 1.807) is 18.8 Å². The van der Waals surface area contributed by atoms with Gasteiger partial charge in [-0.05, 0) is 23.0 Å². The number of nitrogens with zero attached hydrogens (tertiary/aromatic N) is 3. The number of halogens is 1. The minimum atomic E-state index is -0.579. The quantitative estimate of drug-likeness (QED) is 0.763. The Morgan fingerprint density at radius 1 is 1.75 bits per heavy atom. The molecule has 0 amide bonds. The van der Waals surface area contributed by atoms with E-state index in [9.17, 15) is 5.11 Å². The molecule has 0 saturated carbocycles. The van der Waals surface area contributed by atoms with E-state index in [2.05, 4.69) is 31.6 Å². The van der Waals surface area contributed by atoms with Crippen molar-refractivity contribution in [2.75, 3.05) is 13.6 Å². The average molecular weight is 235 g/mol. The fourth-order valence-corrected chi connectivity index (χ4v) is 1.57. The summed E-state index contributed by atoms with van der Waals surface area (Å²) in [5.74, 6) is 0. The van der Waals surface area contributed by atoms with Gasteiger partial charge in [-0.15, -0.1) is 5.10 Å². The van der Waals surface area contributed by atoms with Gasteiger partial charge >= 0.3 is 0 Å². The molecule has 1 unspecified atom stereocenters. The number of likely N-dealkylation sites (N-methyl/N-ethyl adjacent to an activating group) is 1. The number of nitrogens with one attached hydrogen (secondary N) is 1. The van der Waals surface area contributed by atoms with Crippen LogP contribution in [0.4, 0.5) is 0 Å². The molecule has 1 aromatic rings. The monoisotopic (exact) mass is 234 g/mol. The highest BCUT2D eigenvalue weighted by atomic mass is 79.9. The molecule has 6 heteroatoms. The highest BCUT2D eigenvalue weighted by Gasteiger charge is 2.16. The largest absolute Gasteiger partial charge is 0.385 e. The third-order valence-electron chi connectivity index (χ3n) is 1.54. The second-order valence-corrected chi connectivity index (χ2v) is 3.21. The highest BCUT2D eigenvalue weighted by molar-refractivity contribution is 9.10. The first-order chi connectivity index (χ1) is 5.66. The number of aryl methyl sites for hydroxylation is 1. The lowest BCUT2D eigenvalue weighted by molar-refractivity contribution is 0.167. The van der Waals surface area contributed by atoms with Gasteiger partial charge in [0, 0.05) is 13.6 Å². The van der Waals surface area contributed by atoms with Gasteiger partial charge in [-0.25, -0.2) is 4.68 Å². The molecule has 0 saturated heterocycles. The molecule has 68 valence electrons. The molecule has 1 heterocycles. The van der Waals surface area contributed by atoms with Crippen molar-refractivity contribution in [1.82, 2.24) is 20.3 Å². The van der Waals surface area contributed by atoms with Gasteiger partial charge in [0.05, 0.1) is 0 Å². The van der Waals surface area contributed by atoms with Gasteiger partial charge in [0.15, 0.2) is 4.60 Å². The molecule has 0 aromatic carbocycles. The fraction of sp³-hybridized carbons (Fsp3) is 0.667. The zero-order valence-electron chi connectivity index (χ0n) is 6.95. The summed E-state index contributed by atoms with van der Waals surface area (Å²) in [6.45, 7) is 0.486. The Kier molecular flexibility index (Phi) is 3.19. The van der Waals surface area contributed by atoms with Crippen LogP contribution in [-0.2, 0) is 7.05 Å². The highest BCUT2D eigenvalue weighted by Crippen LogP contribution is 2.19. The molecule has 1 atom stereocenters. The summed E-state index contributed by atoms with van der Waals surface area (Å²) in [4.78, 5) is 0. The van der Waals surface area contributed by atoms with Crippen LogP contribution in [0.5, 0.6) is 0 Å². The van der Waals surface area contributed by atoms with Crippen LogP contribution in [0.3, 0.4) is 0 Å². The molecule has 0 aliphatic rings. The van der Waals surface area contributed by atoms with E-state index in [4.69, 9.17) is 0 Å². The molecule has 12 heavy (non-hydrogen) atoms. The van der Waals surface area contributed by atoms with Crippen molar-refractivity contribution in [3.05, 3.63) is 10.3 Å². The summed E-state index contributed by atoms with van der Waals surface area (Å²) in [6, 6.07) is 0. The van der Waals surface area contributed by atoms with Crippen molar-refractivity contribution in [1.29, 1.82) is 0 Å². The minimum Gasteiger partial charge on any atom is -0.385 e. The Morgan fingerprint density at radius 3 is 2.83 bits per heavy atom. The van der Waals surface area contributed by atoms with E-state index in [0.29, 0.717) is 16.8 Å². The normalized spacial score (nSPS) is 13.3. The Morgan fingerprint density at radius 2 is 2.42 bits per heavy atom. The molecule has 2 N–H and O–H groups in total. The molecule has 1 aromatic heterocycles. The first-order valence-corrected chi connectivity index (χ1v) is 4.34. The first kappa shape index (κ1) is 9.63. The van der Waals surface area contributed by atoms with E-state index in [1.807, 2.05) is 0 Å². The second-order valence-electron chi connectivity index (χ2n) is 2.46. The van der Waals surface area contributed by atoms with Gasteiger partial charge in [0.1, 0.15) is 11.8 Å². The van der Waals surface area contributed by atoms with Crippen LogP contribution in [0, 0.1) is 0 Å². The molecule has 0 aliphatic carbocycles. The van der Waals surface area contributed by atoms with Crippen molar-refractivity contribution < 1.29 is 5.11 Å². The molecular formula is C6H11BrN4O. The number of aliphatic hydroxyl groups excluding tert-OH is 1. The smallest absolute Gasteiger partial charge is 0.154 e. The van der Waals surface area contributed by atoms with Gasteiger partial charge in [-0.1, -0.05) is 5.21 Å². The zero-order valence-corrected chi connectivity index (χ0v) is 8.54. The first-order valence-electron chi connectivity index (χ1n) is 3.54. The van der Waals surface area contributed by atoms with E-state index < -0.39 is 6.10 Å². The maximum Gasteiger partial charge on any atom is 0.154 e. The number of hydrogen-bond acceptors (Lipinski definition) is 4. The molecule has 1 rings (SSSR count). The van der Waals surface area contributed by atoms with Gasteiger partial charge < -0.3 is 10.4 Å². The lowest BCUT2D eigenvalue weighted by atomic mass is 10.3. The molecule has 0 aliphatic heterocycles. The van der Waals surface area contributed by atoms with Crippen LogP contribution in [0.15, 0.2) is 4.60 Å². The summed E-state index contributed by atoms with van der Waals surface area (Å²) in [6.07, 6.45) is -0.579. The maximum atomic E-state index is 9.58. The van der Waals surface area contributed by atoms with Gasteiger partial charge in [-0.3, -0.25) is 0 Å². The Bertz CT molecular complexity index is 243. The van der Waals surface area contributed by atoms with Crippen molar-refractivity contribution in [2.45, 2.75) is 6.10 Å². The summed E-state index contributed by atoms with van der Waals surface area (Å²) in [5.41, 5.74) is 0.685. The van der Waals surface area contributed by atoms with Crippen LogP contribution in [-0.4, -0.2) is 33.7 Å². The summed E-state index contributed by atoms with van der Waals surface area (Å²) in [7, 11) is 3.52. The molecule has 5 nitrogen and oxygen atoms in total. The van der Waals surface area contributed by atoms with E-state index in [1.165, 1.54) is 0 Å². The topological polar surface area (TPSA) is 63.0 Å².